The predicted octanol–water partition coefficient (Wildman–Crippen LogP) is 2.17. The molecule has 8 heteroatoms. The van der Waals surface area contributed by atoms with Crippen LogP contribution in [0.3, 0.4) is 0 Å². The van der Waals surface area contributed by atoms with Crippen molar-refractivity contribution in [3.8, 4) is 0 Å². The highest BCUT2D eigenvalue weighted by Crippen LogP contribution is 2.34. The van der Waals surface area contributed by atoms with Crippen LogP contribution in [-0.2, 0) is 18.5 Å². The highest BCUT2D eigenvalue weighted by molar-refractivity contribution is 5.85. The molecule has 2 N–H and O–H groups in total. The third kappa shape index (κ3) is 3.29. The van der Waals surface area contributed by atoms with Crippen LogP contribution in [0.25, 0.3) is 10.9 Å². The molecular weight excluding hydrogens is 342 g/mol. The molecule has 1 aromatic carbocycles. The van der Waals surface area contributed by atoms with Crippen molar-refractivity contribution in [1.82, 2.24) is 19.9 Å². The lowest BCUT2D eigenvalue weighted by molar-refractivity contribution is 0.344. The van der Waals surface area contributed by atoms with Crippen LogP contribution in [-0.4, -0.2) is 19.9 Å². The molecule has 3 aromatic rings. The van der Waals surface area contributed by atoms with Crippen LogP contribution in [0.4, 0.5) is 0 Å². The van der Waals surface area contributed by atoms with Gasteiger partial charge in [-0.1, -0.05) is 30.1 Å². The summed E-state index contributed by atoms with van der Waals surface area (Å²) in [5.41, 5.74) is 6.64. The summed E-state index contributed by atoms with van der Waals surface area (Å²) in [4.78, 5) is 16.3. The molecule has 0 aliphatic heterocycles. The molecule has 0 radical (unpaired) electrons. The zero-order chi connectivity index (χ0) is 16.6. The van der Waals surface area contributed by atoms with E-state index in [1.807, 2.05) is 18.2 Å². The van der Waals surface area contributed by atoms with E-state index in [1.54, 1.807) is 10.7 Å². The molecule has 25 heavy (non-hydrogen) atoms. The number of hydrogen-bond acceptors (Lipinski definition) is 6. The van der Waals surface area contributed by atoms with Gasteiger partial charge < -0.3 is 10.3 Å². The number of aromatic nitrogens is 4. The highest BCUT2D eigenvalue weighted by atomic mass is 35.5. The second-order valence-electron chi connectivity index (χ2n) is 6.37. The van der Waals surface area contributed by atoms with Crippen molar-refractivity contribution >= 4 is 23.3 Å². The minimum absolute atomic E-state index is 0. The summed E-state index contributed by atoms with van der Waals surface area (Å²) in [5, 5.41) is 8.93. The summed E-state index contributed by atoms with van der Waals surface area (Å²) >= 11 is 0. The van der Waals surface area contributed by atoms with E-state index in [9.17, 15) is 4.79 Å². The first-order valence-corrected chi connectivity index (χ1v) is 8.23. The van der Waals surface area contributed by atoms with Gasteiger partial charge in [-0.15, -0.1) is 12.4 Å². The van der Waals surface area contributed by atoms with Crippen LogP contribution >= 0.6 is 12.4 Å². The fraction of sp³-hybridized carbons (Fsp3) is 0.412. The lowest BCUT2D eigenvalue weighted by Gasteiger charge is -2.17. The third-order valence-electron chi connectivity index (χ3n) is 4.71. The Kier molecular flexibility index (Phi) is 4.87. The van der Waals surface area contributed by atoms with Gasteiger partial charge in [-0.3, -0.25) is 9.48 Å². The number of rotatable bonds is 4. The van der Waals surface area contributed by atoms with Crippen LogP contribution in [0.1, 0.15) is 37.4 Å². The van der Waals surface area contributed by atoms with Crippen molar-refractivity contribution in [3.63, 3.8) is 0 Å². The number of fused-ring (bicyclic) bond motifs is 1. The molecule has 1 aliphatic rings. The Balaban J connectivity index is 0.00000182. The zero-order valence-electron chi connectivity index (χ0n) is 13.7. The molecule has 2 heterocycles. The molecule has 132 valence electrons. The van der Waals surface area contributed by atoms with E-state index in [4.69, 9.17) is 10.3 Å². The molecule has 0 saturated heterocycles. The van der Waals surface area contributed by atoms with Crippen molar-refractivity contribution in [2.45, 2.75) is 44.2 Å². The van der Waals surface area contributed by atoms with Crippen molar-refractivity contribution in [2.75, 3.05) is 0 Å². The third-order valence-corrected chi connectivity index (χ3v) is 4.71. The largest absolute Gasteiger partial charge is 0.339 e. The lowest BCUT2D eigenvalue weighted by Crippen LogP contribution is -2.34. The van der Waals surface area contributed by atoms with Crippen LogP contribution < -0.4 is 11.2 Å². The smallest absolute Gasteiger partial charge is 0.228 e. The summed E-state index contributed by atoms with van der Waals surface area (Å²) < 4.78 is 7.14. The maximum atomic E-state index is 11.9. The average molecular weight is 362 g/mol. The van der Waals surface area contributed by atoms with Gasteiger partial charge in [0.2, 0.25) is 11.3 Å². The summed E-state index contributed by atoms with van der Waals surface area (Å²) in [6, 6.07) is 7.43. The maximum Gasteiger partial charge on any atom is 0.228 e. The van der Waals surface area contributed by atoms with E-state index in [0.29, 0.717) is 30.1 Å². The number of para-hydroxylation sites is 1. The van der Waals surface area contributed by atoms with E-state index < -0.39 is 5.54 Å². The van der Waals surface area contributed by atoms with Crippen LogP contribution in [0.2, 0.25) is 0 Å². The van der Waals surface area contributed by atoms with Gasteiger partial charge >= 0.3 is 0 Å². The molecule has 1 aliphatic carbocycles. The minimum atomic E-state index is -0.440. The molecule has 1 saturated carbocycles. The van der Waals surface area contributed by atoms with Gasteiger partial charge in [0.25, 0.3) is 0 Å². The van der Waals surface area contributed by atoms with E-state index in [0.717, 1.165) is 31.2 Å². The van der Waals surface area contributed by atoms with E-state index in [2.05, 4.69) is 15.2 Å². The number of hydrogen-bond donors (Lipinski definition) is 1. The zero-order valence-corrected chi connectivity index (χ0v) is 14.5. The predicted molar refractivity (Wildman–Crippen MR) is 95.6 cm³/mol. The Hall–Kier alpha value is -2.25. The van der Waals surface area contributed by atoms with E-state index in [1.165, 1.54) is 6.20 Å². The molecule has 0 unspecified atom stereocenters. The van der Waals surface area contributed by atoms with Gasteiger partial charge in [0, 0.05) is 11.8 Å². The highest BCUT2D eigenvalue weighted by Gasteiger charge is 2.35. The number of nitrogens with two attached hydrogens (primary N) is 1. The van der Waals surface area contributed by atoms with Gasteiger partial charge in [-0.25, -0.2) is 0 Å². The molecule has 0 bridgehead atoms. The summed E-state index contributed by atoms with van der Waals surface area (Å²) in [7, 11) is 0. The number of nitrogens with zero attached hydrogens (tertiary/aromatic N) is 4. The molecule has 2 aromatic heterocycles. The second kappa shape index (κ2) is 6.93. The Morgan fingerprint density at radius 2 is 2.00 bits per heavy atom. The molecule has 0 spiro atoms. The monoisotopic (exact) mass is 361 g/mol. The van der Waals surface area contributed by atoms with Crippen LogP contribution in [0.5, 0.6) is 0 Å². The molecular formula is C17H20ClN5O2. The molecule has 1 fully saturated rings. The minimum Gasteiger partial charge on any atom is -0.339 e. The van der Waals surface area contributed by atoms with Crippen molar-refractivity contribution in [3.05, 3.63) is 52.4 Å². The van der Waals surface area contributed by atoms with E-state index >= 15 is 0 Å². The van der Waals surface area contributed by atoms with Gasteiger partial charge in [0.15, 0.2) is 5.82 Å². The average Bonchev–Trinajstić information content (AvgIpc) is 3.25. The molecule has 4 rings (SSSR count). The number of halogens is 1. The van der Waals surface area contributed by atoms with Crippen molar-refractivity contribution in [1.29, 1.82) is 0 Å². The topological polar surface area (TPSA) is 99.8 Å². The maximum absolute atomic E-state index is 11.9. The summed E-state index contributed by atoms with van der Waals surface area (Å²) in [6.45, 7) is 0.556. The Labute approximate surface area is 150 Å². The Morgan fingerprint density at radius 1 is 1.24 bits per heavy atom. The van der Waals surface area contributed by atoms with Gasteiger partial charge in [0.05, 0.1) is 23.8 Å². The molecule has 7 nitrogen and oxygen atoms in total. The van der Waals surface area contributed by atoms with Crippen LogP contribution in [0, 0.1) is 0 Å². The van der Waals surface area contributed by atoms with Gasteiger partial charge in [-0.05, 0) is 25.0 Å². The quantitative estimate of drug-likeness (QED) is 0.764. The number of benzene rings is 1. The van der Waals surface area contributed by atoms with Gasteiger partial charge in [-0.2, -0.15) is 10.1 Å². The first-order valence-electron chi connectivity index (χ1n) is 8.23. The van der Waals surface area contributed by atoms with Crippen molar-refractivity contribution < 1.29 is 4.52 Å². The Morgan fingerprint density at radius 3 is 2.80 bits per heavy atom. The Bertz CT molecular complexity index is 930. The molecule has 0 atom stereocenters. The standard InChI is InChI=1S/C17H19N5O2.ClH/c18-17(8-3-4-9-17)16-20-15(24-21-16)7-10-22-13-6-2-1-5-12(13)14(23)11-19-22;/h1-2,5-6,11H,3-4,7-10,18H2;1H. The SMILES string of the molecule is Cl.NC1(c2noc(CCn3ncc(=O)c4ccccc43)n2)CCCC1. The summed E-state index contributed by atoms with van der Waals surface area (Å²) in [6.07, 6.45) is 5.90. The summed E-state index contributed by atoms with van der Waals surface area (Å²) in [5.74, 6) is 1.15. The fourth-order valence-corrected chi connectivity index (χ4v) is 3.33. The molecule has 0 amide bonds. The van der Waals surface area contributed by atoms with E-state index in [-0.39, 0.29) is 17.8 Å². The van der Waals surface area contributed by atoms with Crippen LogP contribution in [0.15, 0.2) is 39.8 Å². The van der Waals surface area contributed by atoms with Crippen molar-refractivity contribution in [2.24, 2.45) is 5.73 Å². The van der Waals surface area contributed by atoms with Gasteiger partial charge in [0.1, 0.15) is 0 Å². The first-order chi connectivity index (χ1) is 11.7. The normalized spacial score (nSPS) is 16.0. The lowest BCUT2D eigenvalue weighted by atomic mass is 9.99. The fourth-order valence-electron chi connectivity index (χ4n) is 3.33. The first kappa shape index (κ1) is 17.6. The number of aryl methyl sites for hydroxylation is 2. The second-order valence-corrected chi connectivity index (χ2v) is 6.37.